The van der Waals surface area contributed by atoms with Gasteiger partial charge >= 0.3 is 0 Å². The lowest BCUT2D eigenvalue weighted by atomic mass is 10.1. The van der Waals surface area contributed by atoms with E-state index in [4.69, 9.17) is 4.74 Å². The molecule has 5 heteroatoms. The summed E-state index contributed by atoms with van der Waals surface area (Å²) in [5.74, 6) is -0.0337. The molecule has 1 unspecified atom stereocenters. The molecule has 98 valence electrons. The van der Waals surface area contributed by atoms with Crippen LogP contribution in [0, 0.1) is 0 Å². The van der Waals surface area contributed by atoms with Crippen molar-refractivity contribution in [2.45, 2.75) is 6.10 Å². The van der Waals surface area contributed by atoms with Gasteiger partial charge in [-0.15, -0.1) is 0 Å². The Kier molecular flexibility index (Phi) is 3.39. The maximum atomic E-state index is 12.4. The summed E-state index contributed by atoms with van der Waals surface area (Å²) in [6.45, 7) is 1.91. The molecule has 0 aliphatic carbocycles. The van der Waals surface area contributed by atoms with E-state index in [0.29, 0.717) is 18.8 Å². The number of rotatable bonds is 3. The van der Waals surface area contributed by atoms with Crippen molar-refractivity contribution in [3.8, 4) is 5.69 Å². The molecule has 1 aliphatic heterocycles. The molecule has 5 nitrogen and oxygen atoms in total. The Morgan fingerprint density at radius 1 is 1.32 bits per heavy atom. The Balaban J connectivity index is 1.89. The zero-order valence-electron chi connectivity index (χ0n) is 10.5. The van der Waals surface area contributed by atoms with E-state index in [9.17, 15) is 4.79 Å². The highest BCUT2D eigenvalue weighted by Gasteiger charge is 2.26. The minimum Gasteiger partial charge on any atom is -0.367 e. The Morgan fingerprint density at radius 3 is 2.89 bits per heavy atom. The molecule has 1 N–H and O–H groups in total. The van der Waals surface area contributed by atoms with E-state index in [0.717, 1.165) is 12.2 Å². The average Bonchev–Trinajstić information content (AvgIpc) is 2.98. The van der Waals surface area contributed by atoms with E-state index >= 15 is 0 Å². The first-order valence-electron chi connectivity index (χ1n) is 6.32. The number of carbonyl (C=O) groups excluding carboxylic acids is 1. The SMILES string of the molecule is O=C(c1ccnn1-c1ccccc1)C1CNCCO1. The standard InChI is InChI=1S/C14H15N3O2/c18-14(13-10-15-8-9-19-13)12-6-7-16-17(12)11-4-2-1-3-5-11/h1-7,13,15H,8-10H2. The van der Waals surface area contributed by atoms with Crippen molar-refractivity contribution in [2.24, 2.45) is 0 Å². The topological polar surface area (TPSA) is 56.2 Å². The molecule has 2 aromatic rings. The van der Waals surface area contributed by atoms with Gasteiger partial charge in [0.2, 0.25) is 5.78 Å². The number of para-hydroxylation sites is 1. The molecule has 3 rings (SSSR count). The quantitative estimate of drug-likeness (QED) is 0.835. The van der Waals surface area contributed by atoms with Crippen molar-refractivity contribution in [3.05, 3.63) is 48.3 Å². The van der Waals surface area contributed by atoms with Crippen LogP contribution < -0.4 is 5.32 Å². The molecular formula is C14H15N3O2. The minimum absolute atomic E-state index is 0.0337. The zero-order chi connectivity index (χ0) is 13.1. The van der Waals surface area contributed by atoms with E-state index in [1.54, 1.807) is 16.9 Å². The molecule has 1 atom stereocenters. The maximum absolute atomic E-state index is 12.4. The first-order valence-corrected chi connectivity index (χ1v) is 6.32. The summed E-state index contributed by atoms with van der Waals surface area (Å²) < 4.78 is 7.15. The van der Waals surface area contributed by atoms with Crippen molar-refractivity contribution in [2.75, 3.05) is 19.7 Å². The summed E-state index contributed by atoms with van der Waals surface area (Å²) >= 11 is 0. The highest BCUT2D eigenvalue weighted by molar-refractivity contribution is 5.98. The Bertz CT molecular complexity index is 559. The molecule has 2 heterocycles. The van der Waals surface area contributed by atoms with Crippen LogP contribution >= 0.6 is 0 Å². The van der Waals surface area contributed by atoms with Crippen LogP contribution in [0.4, 0.5) is 0 Å². The molecule has 0 bridgehead atoms. The van der Waals surface area contributed by atoms with Crippen LogP contribution in [0.1, 0.15) is 10.5 Å². The second-order valence-electron chi connectivity index (χ2n) is 4.39. The molecule has 0 amide bonds. The van der Waals surface area contributed by atoms with E-state index in [-0.39, 0.29) is 5.78 Å². The van der Waals surface area contributed by atoms with Crippen molar-refractivity contribution < 1.29 is 9.53 Å². The van der Waals surface area contributed by atoms with Crippen molar-refractivity contribution in [1.82, 2.24) is 15.1 Å². The molecule has 19 heavy (non-hydrogen) atoms. The van der Waals surface area contributed by atoms with Crippen LogP contribution in [0.3, 0.4) is 0 Å². The van der Waals surface area contributed by atoms with Crippen LogP contribution in [-0.4, -0.2) is 41.4 Å². The molecule has 1 aromatic carbocycles. The maximum Gasteiger partial charge on any atom is 0.211 e. The van der Waals surface area contributed by atoms with Crippen LogP contribution in [0.5, 0.6) is 0 Å². The fourth-order valence-corrected chi connectivity index (χ4v) is 2.16. The number of benzene rings is 1. The van der Waals surface area contributed by atoms with Gasteiger partial charge in [-0.05, 0) is 18.2 Å². The molecule has 1 aliphatic rings. The number of aromatic nitrogens is 2. The number of carbonyl (C=O) groups is 1. The largest absolute Gasteiger partial charge is 0.367 e. The predicted octanol–water partition coefficient (Wildman–Crippen LogP) is 1.04. The highest BCUT2D eigenvalue weighted by Crippen LogP contribution is 2.13. The van der Waals surface area contributed by atoms with Crippen molar-refractivity contribution in [1.29, 1.82) is 0 Å². The third-order valence-electron chi connectivity index (χ3n) is 3.12. The second kappa shape index (κ2) is 5.34. The summed E-state index contributed by atoms with van der Waals surface area (Å²) in [6, 6.07) is 11.3. The fourth-order valence-electron chi connectivity index (χ4n) is 2.16. The van der Waals surface area contributed by atoms with E-state index < -0.39 is 6.10 Å². The first kappa shape index (κ1) is 12.1. The molecule has 0 spiro atoms. The van der Waals surface area contributed by atoms with Gasteiger partial charge in [0.15, 0.2) is 0 Å². The van der Waals surface area contributed by atoms with Gasteiger partial charge in [-0.1, -0.05) is 18.2 Å². The van der Waals surface area contributed by atoms with Gasteiger partial charge < -0.3 is 10.1 Å². The minimum atomic E-state index is -0.423. The van der Waals surface area contributed by atoms with E-state index in [1.807, 2.05) is 30.3 Å². The molecule has 1 aromatic heterocycles. The van der Waals surface area contributed by atoms with Crippen molar-refractivity contribution >= 4 is 5.78 Å². The number of morpholine rings is 1. The molecule has 1 fully saturated rings. The Morgan fingerprint density at radius 2 is 2.16 bits per heavy atom. The number of ketones is 1. The third-order valence-corrected chi connectivity index (χ3v) is 3.12. The number of hydrogen-bond donors (Lipinski definition) is 1. The lowest BCUT2D eigenvalue weighted by Gasteiger charge is -2.22. The Hall–Kier alpha value is -1.98. The summed E-state index contributed by atoms with van der Waals surface area (Å²) in [5, 5.41) is 7.38. The van der Waals surface area contributed by atoms with Crippen LogP contribution in [0.15, 0.2) is 42.6 Å². The molecule has 0 radical (unpaired) electrons. The van der Waals surface area contributed by atoms with Gasteiger partial charge in [0.25, 0.3) is 0 Å². The smallest absolute Gasteiger partial charge is 0.211 e. The highest BCUT2D eigenvalue weighted by atomic mass is 16.5. The fraction of sp³-hybridized carbons (Fsp3) is 0.286. The number of nitrogens with zero attached hydrogens (tertiary/aromatic N) is 2. The summed E-state index contributed by atoms with van der Waals surface area (Å²) in [5.41, 5.74) is 1.43. The number of hydrogen-bond acceptors (Lipinski definition) is 4. The van der Waals surface area contributed by atoms with Crippen molar-refractivity contribution in [3.63, 3.8) is 0 Å². The third kappa shape index (κ3) is 2.43. The van der Waals surface area contributed by atoms with E-state index in [1.165, 1.54) is 0 Å². The monoisotopic (exact) mass is 257 g/mol. The first-order chi connectivity index (χ1) is 9.36. The Labute approximate surface area is 111 Å². The van der Waals surface area contributed by atoms with E-state index in [2.05, 4.69) is 10.4 Å². The van der Waals surface area contributed by atoms with Crippen LogP contribution in [-0.2, 0) is 4.74 Å². The predicted molar refractivity (Wildman–Crippen MR) is 70.5 cm³/mol. The normalized spacial score (nSPS) is 19.3. The lowest BCUT2D eigenvalue weighted by molar-refractivity contribution is 0.0263. The average molecular weight is 257 g/mol. The summed E-state index contributed by atoms with van der Waals surface area (Å²) in [4.78, 5) is 12.4. The second-order valence-corrected chi connectivity index (χ2v) is 4.39. The molecule has 1 saturated heterocycles. The van der Waals surface area contributed by atoms with Gasteiger partial charge in [-0.3, -0.25) is 4.79 Å². The molecule has 0 saturated carbocycles. The summed E-state index contributed by atoms with van der Waals surface area (Å²) in [6.07, 6.45) is 1.21. The van der Waals surface area contributed by atoms with Crippen LogP contribution in [0.2, 0.25) is 0 Å². The van der Waals surface area contributed by atoms with Gasteiger partial charge in [-0.25, -0.2) is 4.68 Å². The lowest BCUT2D eigenvalue weighted by Crippen LogP contribution is -2.43. The van der Waals surface area contributed by atoms with Gasteiger partial charge in [0.05, 0.1) is 18.5 Å². The number of nitrogens with one attached hydrogen (secondary N) is 1. The van der Waals surface area contributed by atoms with Gasteiger partial charge in [0, 0.05) is 13.1 Å². The van der Waals surface area contributed by atoms with Gasteiger partial charge in [-0.2, -0.15) is 5.10 Å². The number of Topliss-reactive ketones (excluding diaryl/α,β-unsaturated/α-hetero) is 1. The number of ether oxygens (including phenoxy) is 1. The van der Waals surface area contributed by atoms with Gasteiger partial charge in [0.1, 0.15) is 11.8 Å². The zero-order valence-corrected chi connectivity index (χ0v) is 10.5. The summed E-state index contributed by atoms with van der Waals surface area (Å²) in [7, 11) is 0. The molecular weight excluding hydrogens is 242 g/mol. The van der Waals surface area contributed by atoms with Crippen LogP contribution in [0.25, 0.3) is 5.69 Å².